The standard InChI is InChI=1S/C14H29N3O/c1-12(2)10-17(9-8-16(12)7)11(18)13(3,4)14(5,6)15/h8-10,15H2,1-7H3. The van der Waals surface area contributed by atoms with Gasteiger partial charge in [0.1, 0.15) is 0 Å². The van der Waals surface area contributed by atoms with Crippen LogP contribution in [0.3, 0.4) is 0 Å². The van der Waals surface area contributed by atoms with Crippen molar-refractivity contribution in [3.63, 3.8) is 0 Å². The van der Waals surface area contributed by atoms with Gasteiger partial charge in [0.2, 0.25) is 5.91 Å². The molecule has 0 bridgehead atoms. The Morgan fingerprint density at radius 1 is 1.17 bits per heavy atom. The van der Waals surface area contributed by atoms with Crippen molar-refractivity contribution < 1.29 is 4.79 Å². The fraction of sp³-hybridized carbons (Fsp3) is 0.929. The second-order valence-corrected chi connectivity index (χ2v) is 7.31. The Balaban J connectivity index is 2.87. The van der Waals surface area contributed by atoms with Gasteiger partial charge < -0.3 is 10.6 Å². The molecule has 1 aliphatic heterocycles. The third kappa shape index (κ3) is 2.69. The van der Waals surface area contributed by atoms with E-state index in [0.717, 1.165) is 19.6 Å². The van der Waals surface area contributed by atoms with Gasteiger partial charge in [-0.15, -0.1) is 0 Å². The molecule has 1 fully saturated rings. The molecular weight excluding hydrogens is 226 g/mol. The molecule has 0 spiro atoms. The van der Waals surface area contributed by atoms with Gasteiger partial charge in [0.15, 0.2) is 0 Å². The van der Waals surface area contributed by atoms with E-state index in [2.05, 4.69) is 25.8 Å². The van der Waals surface area contributed by atoms with Crippen LogP contribution in [0.5, 0.6) is 0 Å². The molecule has 1 heterocycles. The Bertz CT molecular complexity index is 328. The molecule has 1 saturated heterocycles. The number of rotatable bonds is 2. The summed E-state index contributed by atoms with van der Waals surface area (Å²) in [5, 5.41) is 0. The van der Waals surface area contributed by atoms with Crippen molar-refractivity contribution in [2.75, 3.05) is 26.7 Å². The van der Waals surface area contributed by atoms with E-state index < -0.39 is 11.0 Å². The fourth-order valence-electron chi connectivity index (χ4n) is 2.08. The van der Waals surface area contributed by atoms with Gasteiger partial charge in [0.05, 0.1) is 5.41 Å². The Kier molecular flexibility index (Phi) is 3.86. The maximum Gasteiger partial charge on any atom is 0.230 e. The molecule has 4 nitrogen and oxygen atoms in total. The topological polar surface area (TPSA) is 49.6 Å². The molecule has 0 aliphatic carbocycles. The molecule has 0 radical (unpaired) electrons. The van der Waals surface area contributed by atoms with Gasteiger partial charge in [-0.3, -0.25) is 9.69 Å². The minimum absolute atomic E-state index is 0.0305. The van der Waals surface area contributed by atoms with Crippen molar-refractivity contribution in [2.24, 2.45) is 11.1 Å². The second kappa shape index (κ2) is 4.49. The van der Waals surface area contributed by atoms with Crippen molar-refractivity contribution >= 4 is 5.91 Å². The molecule has 0 atom stereocenters. The van der Waals surface area contributed by atoms with Crippen LogP contribution in [0.25, 0.3) is 0 Å². The van der Waals surface area contributed by atoms with Crippen LogP contribution in [0.15, 0.2) is 0 Å². The molecule has 2 N–H and O–H groups in total. The van der Waals surface area contributed by atoms with E-state index in [1.54, 1.807) is 0 Å². The van der Waals surface area contributed by atoms with E-state index in [-0.39, 0.29) is 11.4 Å². The molecule has 0 aromatic carbocycles. The number of nitrogens with two attached hydrogens (primary N) is 1. The molecule has 1 amide bonds. The van der Waals surface area contributed by atoms with Crippen molar-refractivity contribution in [2.45, 2.75) is 52.6 Å². The first kappa shape index (κ1) is 15.4. The first-order valence-corrected chi connectivity index (χ1v) is 6.69. The van der Waals surface area contributed by atoms with Crippen LogP contribution >= 0.6 is 0 Å². The van der Waals surface area contributed by atoms with Gasteiger partial charge in [0, 0.05) is 30.7 Å². The number of likely N-dealkylation sites (N-methyl/N-ethyl adjacent to an activating group) is 1. The zero-order valence-corrected chi connectivity index (χ0v) is 13.0. The van der Waals surface area contributed by atoms with E-state index in [4.69, 9.17) is 5.73 Å². The number of hydrogen-bond acceptors (Lipinski definition) is 3. The molecule has 0 aromatic rings. The summed E-state index contributed by atoms with van der Waals surface area (Å²) in [6.45, 7) is 14.6. The normalized spacial score (nSPS) is 22.1. The third-order valence-corrected chi connectivity index (χ3v) is 4.75. The van der Waals surface area contributed by atoms with Crippen LogP contribution in [0.4, 0.5) is 0 Å². The molecule has 4 heteroatoms. The van der Waals surface area contributed by atoms with Crippen LogP contribution < -0.4 is 5.73 Å². The number of nitrogens with zero attached hydrogens (tertiary/aromatic N) is 2. The smallest absolute Gasteiger partial charge is 0.230 e. The Hall–Kier alpha value is -0.610. The number of carbonyl (C=O) groups is 1. The average molecular weight is 255 g/mol. The summed E-state index contributed by atoms with van der Waals surface area (Å²) in [5.41, 5.74) is 5.13. The summed E-state index contributed by atoms with van der Waals surface area (Å²) in [4.78, 5) is 17.0. The zero-order chi connectivity index (χ0) is 14.4. The molecule has 1 rings (SSSR count). The number of hydrogen-bond donors (Lipinski definition) is 1. The highest BCUT2D eigenvalue weighted by Gasteiger charge is 2.45. The van der Waals surface area contributed by atoms with E-state index in [0.29, 0.717) is 0 Å². The minimum atomic E-state index is -0.543. The third-order valence-electron chi connectivity index (χ3n) is 4.75. The SMILES string of the molecule is CN1CCN(C(=O)C(C)(C)C(C)(C)N)CC1(C)C. The summed E-state index contributed by atoms with van der Waals surface area (Å²) >= 11 is 0. The Morgan fingerprint density at radius 3 is 2.06 bits per heavy atom. The van der Waals surface area contributed by atoms with Crippen LogP contribution in [-0.2, 0) is 4.79 Å². The molecule has 18 heavy (non-hydrogen) atoms. The number of amides is 1. The van der Waals surface area contributed by atoms with Crippen molar-refractivity contribution in [1.29, 1.82) is 0 Å². The largest absolute Gasteiger partial charge is 0.339 e. The molecule has 1 aliphatic rings. The molecule has 106 valence electrons. The lowest BCUT2D eigenvalue weighted by Crippen LogP contribution is -2.63. The highest BCUT2D eigenvalue weighted by atomic mass is 16.2. The van der Waals surface area contributed by atoms with Crippen LogP contribution in [0.2, 0.25) is 0 Å². The lowest BCUT2D eigenvalue weighted by molar-refractivity contribution is -0.148. The van der Waals surface area contributed by atoms with E-state index in [1.165, 1.54) is 0 Å². The molecule has 0 saturated carbocycles. The van der Waals surface area contributed by atoms with Crippen molar-refractivity contribution in [1.82, 2.24) is 9.80 Å². The lowest BCUT2D eigenvalue weighted by Gasteiger charge is -2.49. The van der Waals surface area contributed by atoms with Gasteiger partial charge in [-0.2, -0.15) is 0 Å². The van der Waals surface area contributed by atoms with Crippen LogP contribution in [-0.4, -0.2) is 53.5 Å². The highest BCUT2D eigenvalue weighted by Crippen LogP contribution is 2.32. The summed E-state index contributed by atoms with van der Waals surface area (Å²) < 4.78 is 0. The summed E-state index contributed by atoms with van der Waals surface area (Å²) in [6.07, 6.45) is 0. The van der Waals surface area contributed by atoms with E-state index in [9.17, 15) is 4.79 Å². The van der Waals surface area contributed by atoms with E-state index in [1.807, 2.05) is 32.6 Å². The summed E-state index contributed by atoms with van der Waals surface area (Å²) in [6, 6.07) is 0. The van der Waals surface area contributed by atoms with Gasteiger partial charge in [-0.1, -0.05) is 0 Å². The minimum Gasteiger partial charge on any atom is -0.339 e. The Labute approximate surface area is 111 Å². The summed E-state index contributed by atoms with van der Waals surface area (Å²) in [7, 11) is 2.11. The number of carbonyl (C=O) groups excluding carboxylic acids is 1. The second-order valence-electron chi connectivity index (χ2n) is 7.31. The highest BCUT2D eigenvalue weighted by molar-refractivity contribution is 5.83. The van der Waals surface area contributed by atoms with Gasteiger partial charge in [-0.25, -0.2) is 0 Å². The summed E-state index contributed by atoms with van der Waals surface area (Å²) in [5.74, 6) is 0.163. The van der Waals surface area contributed by atoms with Crippen molar-refractivity contribution in [3.8, 4) is 0 Å². The average Bonchev–Trinajstić information content (AvgIpc) is 2.19. The molecular formula is C14H29N3O. The number of piperazine rings is 1. The molecule has 0 aromatic heterocycles. The quantitative estimate of drug-likeness (QED) is 0.809. The lowest BCUT2D eigenvalue weighted by atomic mass is 9.74. The molecule has 0 unspecified atom stereocenters. The van der Waals surface area contributed by atoms with Crippen LogP contribution in [0.1, 0.15) is 41.5 Å². The first-order chi connectivity index (χ1) is 7.89. The van der Waals surface area contributed by atoms with Gasteiger partial charge in [-0.05, 0) is 48.6 Å². The first-order valence-electron chi connectivity index (χ1n) is 6.69. The van der Waals surface area contributed by atoms with Gasteiger partial charge in [0.25, 0.3) is 0 Å². The monoisotopic (exact) mass is 255 g/mol. The predicted octanol–water partition coefficient (Wildman–Crippen LogP) is 1.30. The zero-order valence-electron chi connectivity index (χ0n) is 13.0. The van der Waals surface area contributed by atoms with Crippen molar-refractivity contribution in [3.05, 3.63) is 0 Å². The Morgan fingerprint density at radius 2 is 1.67 bits per heavy atom. The predicted molar refractivity (Wildman–Crippen MR) is 75.3 cm³/mol. The van der Waals surface area contributed by atoms with Gasteiger partial charge >= 0.3 is 0 Å². The fourth-order valence-corrected chi connectivity index (χ4v) is 2.08. The van der Waals surface area contributed by atoms with Crippen LogP contribution in [0, 0.1) is 5.41 Å². The maximum atomic E-state index is 12.7. The van der Waals surface area contributed by atoms with E-state index >= 15 is 0 Å². The maximum absolute atomic E-state index is 12.7.